The zero-order valence-corrected chi connectivity index (χ0v) is 13.7. The van der Waals surface area contributed by atoms with Crippen LogP contribution in [0.5, 0.6) is 0 Å². The van der Waals surface area contributed by atoms with E-state index in [1.165, 1.54) is 11.3 Å². The van der Waals surface area contributed by atoms with Gasteiger partial charge in [-0.2, -0.15) is 0 Å². The van der Waals surface area contributed by atoms with Crippen molar-refractivity contribution in [2.45, 2.75) is 19.4 Å². The number of rotatable bonds is 3. The summed E-state index contributed by atoms with van der Waals surface area (Å²) in [6, 6.07) is 22.2. The van der Waals surface area contributed by atoms with Crippen LogP contribution >= 0.6 is 0 Å². The van der Waals surface area contributed by atoms with Gasteiger partial charge in [0.1, 0.15) is 11.9 Å². The average Bonchev–Trinajstić information content (AvgIpc) is 3.06. The highest BCUT2D eigenvalue weighted by Gasteiger charge is 2.22. The third kappa shape index (κ3) is 2.57. The number of para-hydroxylation sites is 1. The molecule has 0 unspecified atom stereocenters. The Bertz CT molecular complexity index is 861. The van der Waals surface area contributed by atoms with Gasteiger partial charge in [0.2, 0.25) is 0 Å². The summed E-state index contributed by atoms with van der Waals surface area (Å²) in [5.41, 5.74) is 5.22. The number of aliphatic hydroxyl groups excluding tert-OH is 1. The topological polar surface area (TPSA) is 36.4 Å². The van der Waals surface area contributed by atoms with Crippen LogP contribution in [0, 0.1) is 6.92 Å². The highest BCUT2D eigenvalue weighted by atomic mass is 16.3. The van der Waals surface area contributed by atoms with Crippen molar-refractivity contribution in [1.82, 2.24) is 4.98 Å². The van der Waals surface area contributed by atoms with Gasteiger partial charge in [-0.15, -0.1) is 0 Å². The van der Waals surface area contributed by atoms with Crippen LogP contribution in [0.1, 0.15) is 28.5 Å². The first kappa shape index (κ1) is 14.9. The Labute approximate surface area is 142 Å². The maximum atomic E-state index is 10.6. The summed E-state index contributed by atoms with van der Waals surface area (Å²) >= 11 is 0. The van der Waals surface area contributed by atoms with Crippen LogP contribution in [0.25, 0.3) is 0 Å². The molecule has 120 valence electrons. The molecule has 2 aromatic carbocycles. The van der Waals surface area contributed by atoms with Crippen LogP contribution in [0.3, 0.4) is 0 Å². The van der Waals surface area contributed by atoms with Gasteiger partial charge in [-0.3, -0.25) is 0 Å². The van der Waals surface area contributed by atoms with Crippen LogP contribution in [0.2, 0.25) is 0 Å². The van der Waals surface area contributed by atoms with Crippen LogP contribution in [-0.4, -0.2) is 16.6 Å². The predicted octanol–water partition coefficient (Wildman–Crippen LogP) is 4.17. The summed E-state index contributed by atoms with van der Waals surface area (Å²) in [6.45, 7) is 2.92. The number of aryl methyl sites for hydroxylation is 1. The molecule has 3 aromatic rings. The van der Waals surface area contributed by atoms with Crippen LogP contribution < -0.4 is 4.90 Å². The summed E-state index contributed by atoms with van der Waals surface area (Å²) in [6.07, 6.45) is 0.407. The van der Waals surface area contributed by atoms with E-state index in [-0.39, 0.29) is 0 Å². The smallest absolute Gasteiger partial charge is 0.133 e. The van der Waals surface area contributed by atoms with Crippen molar-refractivity contribution in [2.24, 2.45) is 0 Å². The standard InChI is InChI=1S/C21H20N2O/c1-15-18(21(24)17-8-3-2-4-9-17)11-12-20(22-15)23-14-13-16-7-5-6-10-19(16)23/h2-12,21,24H,13-14H2,1H3/t21-/m1/s1. The predicted molar refractivity (Wildman–Crippen MR) is 96.6 cm³/mol. The highest BCUT2D eigenvalue weighted by molar-refractivity contribution is 5.67. The Balaban J connectivity index is 1.66. The molecule has 24 heavy (non-hydrogen) atoms. The summed E-state index contributed by atoms with van der Waals surface area (Å²) in [7, 11) is 0. The van der Waals surface area contributed by atoms with Crippen LogP contribution in [-0.2, 0) is 6.42 Å². The van der Waals surface area contributed by atoms with Crippen molar-refractivity contribution in [3.63, 3.8) is 0 Å². The number of aliphatic hydroxyl groups is 1. The summed E-state index contributed by atoms with van der Waals surface area (Å²) in [5.74, 6) is 0.946. The molecule has 1 aliphatic heterocycles. The van der Waals surface area contributed by atoms with E-state index >= 15 is 0 Å². The van der Waals surface area contributed by atoms with Crippen LogP contribution in [0.4, 0.5) is 11.5 Å². The maximum absolute atomic E-state index is 10.6. The Kier molecular flexibility index (Phi) is 3.79. The fourth-order valence-corrected chi connectivity index (χ4v) is 3.39. The van der Waals surface area contributed by atoms with E-state index in [2.05, 4.69) is 29.2 Å². The summed E-state index contributed by atoms with van der Waals surface area (Å²) in [5, 5.41) is 10.6. The normalized spacial score (nSPS) is 14.5. The third-order valence-electron chi connectivity index (χ3n) is 4.69. The van der Waals surface area contributed by atoms with E-state index < -0.39 is 6.10 Å². The second-order valence-corrected chi connectivity index (χ2v) is 6.19. The zero-order valence-electron chi connectivity index (χ0n) is 13.7. The molecule has 2 heterocycles. The van der Waals surface area contributed by atoms with Gasteiger partial charge in [0.25, 0.3) is 0 Å². The van der Waals surface area contributed by atoms with E-state index in [1.807, 2.05) is 49.4 Å². The van der Waals surface area contributed by atoms with Gasteiger partial charge in [0.05, 0.1) is 0 Å². The molecular weight excluding hydrogens is 296 g/mol. The summed E-state index contributed by atoms with van der Waals surface area (Å²) in [4.78, 5) is 7.02. The molecule has 0 amide bonds. The molecule has 4 rings (SSSR count). The number of hydrogen-bond donors (Lipinski definition) is 1. The monoisotopic (exact) mass is 316 g/mol. The molecule has 3 nitrogen and oxygen atoms in total. The molecule has 0 fully saturated rings. The Hall–Kier alpha value is -2.65. The van der Waals surface area contributed by atoms with Crippen molar-refractivity contribution >= 4 is 11.5 Å². The second kappa shape index (κ2) is 6.10. The number of pyridine rings is 1. The number of nitrogens with zero attached hydrogens (tertiary/aromatic N) is 2. The largest absolute Gasteiger partial charge is 0.384 e. The van der Waals surface area contributed by atoms with E-state index in [1.54, 1.807) is 0 Å². The third-order valence-corrected chi connectivity index (χ3v) is 4.69. The van der Waals surface area contributed by atoms with Crippen LogP contribution in [0.15, 0.2) is 66.7 Å². The second-order valence-electron chi connectivity index (χ2n) is 6.19. The lowest BCUT2D eigenvalue weighted by molar-refractivity contribution is 0.219. The van der Waals surface area contributed by atoms with Gasteiger partial charge < -0.3 is 10.0 Å². The molecule has 0 spiro atoms. The van der Waals surface area contributed by atoms with E-state index in [4.69, 9.17) is 4.98 Å². The van der Waals surface area contributed by atoms with Gasteiger partial charge >= 0.3 is 0 Å². The number of hydrogen-bond acceptors (Lipinski definition) is 3. The molecule has 0 aliphatic carbocycles. The molecule has 1 aliphatic rings. The first-order valence-corrected chi connectivity index (χ1v) is 8.30. The zero-order chi connectivity index (χ0) is 16.5. The quantitative estimate of drug-likeness (QED) is 0.788. The van der Waals surface area contributed by atoms with Crippen molar-refractivity contribution in [2.75, 3.05) is 11.4 Å². The van der Waals surface area contributed by atoms with Crippen molar-refractivity contribution in [3.05, 3.63) is 89.1 Å². The number of aromatic nitrogens is 1. The molecule has 0 bridgehead atoms. The van der Waals surface area contributed by atoms with Gasteiger partial charge in [0, 0.05) is 23.5 Å². The highest BCUT2D eigenvalue weighted by Crippen LogP contribution is 2.34. The lowest BCUT2D eigenvalue weighted by Crippen LogP contribution is -2.16. The van der Waals surface area contributed by atoms with E-state index in [0.717, 1.165) is 35.6 Å². The molecule has 0 saturated heterocycles. The number of benzene rings is 2. The van der Waals surface area contributed by atoms with Gasteiger partial charge in [0.15, 0.2) is 0 Å². The fourth-order valence-electron chi connectivity index (χ4n) is 3.39. The van der Waals surface area contributed by atoms with E-state index in [0.29, 0.717) is 0 Å². The fraction of sp³-hybridized carbons (Fsp3) is 0.190. The first-order chi connectivity index (χ1) is 11.7. The average molecular weight is 316 g/mol. The maximum Gasteiger partial charge on any atom is 0.133 e. The van der Waals surface area contributed by atoms with Crippen molar-refractivity contribution < 1.29 is 5.11 Å². The molecule has 0 saturated carbocycles. The molecule has 0 radical (unpaired) electrons. The van der Waals surface area contributed by atoms with Gasteiger partial charge in [-0.1, -0.05) is 54.6 Å². The minimum absolute atomic E-state index is 0.640. The van der Waals surface area contributed by atoms with Crippen molar-refractivity contribution in [3.8, 4) is 0 Å². The SMILES string of the molecule is Cc1nc(N2CCc3ccccc32)ccc1[C@H](O)c1ccccc1. The molecular formula is C21H20N2O. The summed E-state index contributed by atoms with van der Waals surface area (Å²) < 4.78 is 0. The minimum Gasteiger partial charge on any atom is -0.384 e. The first-order valence-electron chi connectivity index (χ1n) is 8.30. The van der Waals surface area contributed by atoms with Gasteiger partial charge in [-0.25, -0.2) is 4.98 Å². The lowest BCUT2D eigenvalue weighted by atomic mass is 10.0. The Morgan fingerprint density at radius 2 is 1.71 bits per heavy atom. The Morgan fingerprint density at radius 3 is 2.50 bits per heavy atom. The molecule has 1 aromatic heterocycles. The molecule has 1 N–H and O–H groups in total. The number of anilines is 2. The Morgan fingerprint density at radius 1 is 0.958 bits per heavy atom. The van der Waals surface area contributed by atoms with E-state index in [9.17, 15) is 5.11 Å². The lowest BCUT2D eigenvalue weighted by Gasteiger charge is -2.21. The van der Waals surface area contributed by atoms with Crippen molar-refractivity contribution in [1.29, 1.82) is 0 Å². The molecule has 1 atom stereocenters. The minimum atomic E-state index is -0.640. The number of fused-ring (bicyclic) bond motifs is 1. The molecule has 3 heteroatoms. The van der Waals surface area contributed by atoms with Gasteiger partial charge in [-0.05, 0) is 36.6 Å².